The van der Waals surface area contributed by atoms with E-state index in [1.807, 2.05) is 6.92 Å². The van der Waals surface area contributed by atoms with Crippen molar-refractivity contribution in [1.82, 2.24) is 10.2 Å². The molecule has 1 amide bonds. The number of amides is 1. The first-order valence-corrected chi connectivity index (χ1v) is 7.00. The van der Waals surface area contributed by atoms with Crippen molar-refractivity contribution >= 4 is 5.91 Å². The molecule has 1 aromatic carbocycles. The number of nitrogens with one attached hydrogen (secondary N) is 1. The number of hydrogen-bond donors (Lipinski definition) is 2. The average molecular weight is 278 g/mol. The predicted octanol–water partition coefficient (Wildman–Crippen LogP) is 1.61. The molecule has 0 aliphatic carbocycles. The molecule has 1 atom stereocenters. The number of carbonyl (C=O) groups is 1. The third-order valence-corrected chi connectivity index (χ3v) is 3.56. The third kappa shape index (κ3) is 3.63. The number of likely N-dealkylation sites (tertiary alicyclic amines) is 1. The third-order valence-electron chi connectivity index (χ3n) is 3.56. The average Bonchev–Trinajstić information content (AvgIpc) is 2.91. The summed E-state index contributed by atoms with van der Waals surface area (Å²) in [6, 6.07) is 4.69. The zero-order chi connectivity index (χ0) is 14.5. The molecule has 0 bridgehead atoms. The van der Waals surface area contributed by atoms with Gasteiger partial charge in [0.2, 0.25) is 0 Å². The summed E-state index contributed by atoms with van der Waals surface area (Å²) in [6.45, 7) is 5.03. The Bertz CT molecular complexity index is 470. The second kappa shape index (κ2) is 6.61. The molecule has 0 saturated carbocycles. The van der Waals surface area contributed by atoms with E-state index >= 15 is 0 Å². The molecule has 5 heteroatoms. The van der Waals surface area contributed by atoms with Gasteiger partial charge in [-0.15, -0.1) is 0 Å². The molecule has 2 rings (SSSR count). The van der Waals surface area contributed by atoms with Crippen molar-refractivity contribution in [3.05, 3.63) is 23.8 Å². The Morgan fingerprint density at radius 2 is 2.15 bits per heavy atom. The Kier molecular flexibility index (Phi) is 4.84. The van der Waals surface area contributed by atoms with E-state index in [4.69, 9.17) is 4.74 Å². The van der Waals surface area contributed by atoms with Crippen molar-refractivity contribution in [2.24, 2.45) is 0 Å². The minimum Gasteiger partial charge on any atom is -0.507 e. The van der Waals surface area contributed by atoms with Gasteiger partial charge in [0.15, 0.2) is 0 Å². The lowest BCUT2D eigenvalue weighted by Gasteiger charge is -2.21. The number of carbonyl (C=O) groups excluding carboxylic acids is 1. The van der Waals surface area contributed by atoms with Gasteiger partial charge in [0.1, 0.15) is 11.5 Å². The number of methoxy groups -OCH3 is 1. The Labute approximate surface area is 119 Å². The lowest BCUT2D eigenvalue weighted by molar-refractivity contribution is 0.0929. The number of phenolic OH excluding ortho intramolecular Hbond substituents is 1. The van der Waals surface area contributed by atoms with E-state index < -0.39 is 0 Å². The minimum atomic E-state index is -0.270. The molecule has 2 N–H and O–H groups in total. The van der Waals surface area contributed by atoms with E-state index in [0.29, 0.717) is 5.75 Å². The molecule has 1 unspecified atom stereocenters. The summed E-state index contributed by atoms with van der Waals surface area (Å²) in [6.07, 6.45) is 2.47. The first-order chi connectivity index (χ1) is 9.60. The van der Waals surface area contributed by atoms with Gasteiger partial charge in [0, 0.05) is 12.6 Å². The normalized spacial score (nSPS) is 16.9. The first kappa shape index (κ1) is 14.7. The quantitative estimate of drug-likeness (QED) is 0.859. The smallest absolute Gasteiger partial charge is 0.255 e. The van der Waals surface area contributed by atoms with Crippen LogP contribution < -0.4 is 10.1 Å². The summed E-state index contributed by atoms with van der Waals surface area (Å²) in [7, 11) is 1.53. The van der Waals surface area contributed by atoms with Crippen LogP contribution in [0, 0.1) is 0 Å². The maximum absolute atomic E-state index is 12.2. The largest absolute Gasteiger partial charge is 0.507 e. The summed E-state index contributed by atoms with van der Waals surface area (Å²) >= 11 is 0. The first-order valence-electron chi connectivity index (χ1n) is 7.00. The van der Waals surface area contributed by atoms with E-state index in [1.54, 1.807) is 12.1 Å². The van der Waals surface area contributed by atoms with Crippen LogP contribution in [0.4, 0.5) is 0 Å². The molecule has 110 valence electrons. The van der Waals surface area contributed by atoms with Crippen LogP contribution in [0.1, 0.15) is 30.1 Å². The Morgan fingerprint density at radius 3 is 2.80 bits per heavy atom. The van der Waals surface area contributed by atoms with E-state index in [9.17, 15) is 9.90 Å². The number of rotatable bonds is 5. The molecule has 0 spiro atoms. The van der Waals surface area contributed by atoms with Gasteiger partial charge in [-0.25, -0.2) is 0 Å². The topological polar surface area (TPSA) is 61.8 Å². The fourth-order valence-electron chi connectivity index (χ4n) is 2.52. The highest BCUT2D eigenvalue weighted by atomic mass is 16.5. The van der Waals surface area contributed by atoms with Gasteiger partial charge in [-0.3, -0.25) is 4.79 Å². The van der Waals surface area contributed by atoms with Crippen LogP contribution in [0.25, 0.3) is 0 Å². The highest BCUT2D eigenvalue weighted by molar-refractivity contribution is 5.97. The summed E-state index contributed by atoms with van der Waals surface area (Å²) in [5.41, 5.74) is 0.248. The summed E-state index contributed by atoms with van der Waals surface area (Å²) in [5.74, 6) is 0.255. The summed E-state index contributed by atoms with van der Waals surface area (Å²) in [4.78, 5) is 14.5. The van der Waals surface area contributed by atoms with E-state index in [1.165, 1.54) is 26.0 Å². The van der Waals surface area contributed by atoms with Crippen LogP contribution in [0.5, 0.6) is 11.5 Å². The number of aromatic hydroxyl groups is 1. The number of ether oxygens (including phenoxy) is 1. The van der Waals surface area contributed by atoms with Crippen LogP contribution in [-0.4, -0.2) is 48.7 Å². The van der Waals surface area contributed by atoms with Crippen LogP contribution in [0.3, 0.4) is 0 Å². The van der Waals surface area contributed by atoms with Crippen molar-refractivity contribution in [2.75, 3.05) is 26.7 Å². The molecule has 1 aliphatic heterocycles. The molecule has 1 saturated heterocycles. The molecule has 20 heavy (non-hydrogen) atoms. The molecular weight excluding hydrogens is 256 g/mol. The minimum absolute atomic E-state index is 0.0309. The summed E-state index contributed by atoms with van der Waals surface area (Å²) < 4.78 is 5.07. The number of benzene rings is 1. The van der Waals surface area contributed by atoms with Crippen LogP contribution in [-0.2, 0) is 0 Å². The fraction of sp³-hybridized carbons (Fsp3) is 0.533. The highest BCUT2D eigenvalue weighted by Gasteiger charge is 2.18. The van der Waals surface area contributed by atoms with Crippen molar-refractivity contribution in [2.45, 2.75) is 25.8 Å². The van der Waals surface area contributed by atoms with Gasteiger partial charge in [-0.2, -0.15) is 0 Å². The molecule has 0 aromatic heterocycles. The molecule has 1 aliphatic rings. The summed E-state index contributed by atoms with van der Waals surface area (Å²) in [5, 5.41) is 12.7. The molecule has 0 radical (unpaired) electrons. The monoisotopic (exact) mass is 278 g/mol. The maximum Gasteiger partial charge on any atom is 0.255 e. The zero-order valence-corrected chi connectivity index (χ0v) is 12.1. The van der Waals surface area contributed by atoms with Gasteiger partial charge >= 0.3 is 0 Å². The second-order valence-corrected chi connectivity index (χ2v) is 5.27. The molecular formula is C15H22N2O3. The maximum atomic E-state index is 12.2. The van der Waals surface area contributed by atoms with Gasteiger partial charge in [0.25, 0.3) is 5.91 Å². The van der Waals surface area contributed by atoms with Gasteiger partial charge < -0.3 is 20.1 Å². The highest BCUT2D eigenvalue weighted by Crippen LogP contribution is 2.22. The van der Waals surface area contributed by atoms with Crippen molar-refractivity contribution < 1.29 is 14.6 Å². The van der Waals surface area contributed by atoms with Crippen LogP contribution in [0.2, 0.25) is 0 Å². The van der Waals surface area contributed by atoms with Crippen molar-refractivity contribution in [3.63, 3.8) is 0 Å². The zero-order valence-electron chi connectivity index (χ0n) is 12.1. The SMILES string of the molecule is COc1ccc(O)c(C(=O)NC(C)CN2CCCC2)c1. The standard InChI is InChI=1S/C15H22N2O3/c1-11(10-17-7-3-4-8-17)16-15(19)13-9-12(20-2)5-6-14(13)18/h5-6,9,11,18H,3-4,7-8,10H2,1-2H3,(H,16,19). The fourth-order valence-corrected chi connectivity index (χ4v) is 2.52. The lowest BCUT2D eigenvalue weighted by atomic mass is 10.1. The number of nitrogens with zero attached hydrogens (tertiary/aromatic N) is 1. The Morgan fingerprint density at radius 1 is 1.45 bits per heavy atom. The second-order valence-electron chi connectivity index (χ2n) is 5.27. The van der Waals surface area contributed by atoms with E-state index in [2.05, 4.69) is 10.2 Å². The van der Waals surface area contributed by atoms with Crippen molar-refractivity contribution in [1.29, 1.82) is 0 Å². The lowest BCUT2D eigenvalue weighted by Crippen LogP contribution is -2.41. The van der Waals surface area contributed by atoms with E-state index in [0.717, 1.165) is 19.6 Å². The van der Waals surface area contributed by atoms with Crippen molar-refractivity contribution in [3.8, 4) is 11.5 Å². The molecule has 5 nitrogen and oxygen atoms in total. The van der Waals surface area contributed by atoms with Crippen LogP contribution in [0.15, 0.2) is 18.2 Å². The number of phenols is 1. The van der Waals surface area contributed by atoms with Gasteiger partial charge in [-0.1, -0.05) is 0 Å². The molecule has 1 aromatic rings. The molecule has 1 fully saturated rings. The van der Waals surface area contributed by atoms with Crippen LogP contribution >= 0.6 is 0 Å². The predicted molar refractivity (Wildman–Crippen MR) is 77.3 cm³/mol. The number of hydrogen-bond acceptors (Lipinski definition) is 4. The van der Waals surface area contributed by atoms with Gasteiger partial charge in [0.05, 0.1) is 12.7 Å². The van der Waals surface area contributed by atoms with Gasteiger partial charge in [-0.05, 0) is 51.1 Å². The Hall–Kier alpha value is -1.75. The Balaban J connectivity index is 1.96. The molecule has 1 heterocycles. The van der Waals surface area contributed by atoms with E-state index in [-0.39, 0.29) is 23.3 Å².